The van der Waals surface area contributed by atoms with Crippen molar-refractivity contribution in [3.8, 4) is 11.6 Å². The van der Waals surface area contributed by atoms with E-state index in [0.29, 0.717) is 16.7 Å². The molecule has 0 fully saturated rings. The fourth-order valence-electron chi connectivity index (χ4n) is 1.52. The molecule has 1 heterocycles. The minimum atomic E-state index is -0.0283. The quantitative estimate of drug-likeness (QED) is 0.914. The number of halogens is 1. The molecule has 1 atom stereocenters. The molecule has 0 spiro atoms. The minimum Gasteiger partial charge on any atom is -0.439 e. The zero-order chi connectivity index (χ0) is 13.1. The third-order valence-corrected chi connectivity index (χ3v) is 2.88. The highest BCUT2D eigenvalue weighted by molar-refractivity contribution is 6.30. The molecule has 0 saturated carbocycles. The van der Waals surface area contributed by atoms with E-state index in [1.807, 2.05) is 32.0 Å². The van der Waals surface area contributed by atoms with Crippen LogP contribution in [0.25, 0.3) is 0 Å². The van der Waals surface area contributed by atoms with E-state index in [9.17, 15) is 0 Å². The van der Waals surface area contributed by atoms with Crippen molar-refractivity contribution in [2.45, 2.75) is 19.9 Å². The maximum Gasteiger partial charge on any atom is 0.219 e. The van der Waals surface area contributed by atoms with Crippen LogP contribution in [-0.2, 0) is 0 Å². The number of hydrogen-bond acceptors (Lipinski definition) is 3. The minimum absolute atomic E-state index is 0.0283. The summed E-state index contributed by atoms with van der Waals surface area (Å²) >= 11 is 5.93. The lowest BCUT2D eigenvalue weighted by Crippen LogP contribution is -2.05. The van der Waals surface area contributed by atoms with E-state index in [4.69, 9.17) is 22.1 Å². The van der Waals surface area contributed by atoms with E-state index in [-0.39, 0.29) is 6.04 Å². The molecule has 1 aromatic heterocycles. The number of benzene rings is 1. The van der Waals surface area contributed by atoms with E-state index in [2.05, 4.69) is 4.98 Å². The molecule has 0 saturated heterocycles. The summed E-state index contributed by atoms with van der Waals surface area (Å²) in [6.45, 7) is 3.88. The Kier molecular flexibility index (Phi) is 3.84. The van der Waals surface area contributed by atoms with Gasteiger partial charge in [-0.15, -0.1) is 0 Å². The van der Waals surface area contributed by atoms with Gasteiger partial charge in [-0.2, -0.15) is 0 Å². The SMILES string of the molecule is Cc1ccc(Cl)cc1Oc1ccc([C@@H](C)N)cn1. The molecule has 2 rings (SSSR count). The van der Waals surface area contributed by atoms with Crippen LogP contribution >= 0.6 is 11.6 Å². The van der Waals surface area contributed by atoms with Crippen molar-refractivity contribution in [2.24, 2.45) is 5.73 Å². The number of ether oxygens (including phenoxy) is 1. The molecule has 0 amide bonds. The standard InChI is InChI=1S/C14H15ClN2O/c1-9-3-5-12(15)7-13(9)18-14-6-4-11(8-17-14)10(2)16/h3-8,10H,16H2,1-2H3/t10-/m1/s1. The van der Waals surface area contributed by atoms with Crippen molar-refractivity contribution < 1.29 is 4.74 Å². The van der Waals surface area contributed by atoms with E-state index in [1.54, 1.807) is 18.3 Å². The molecule has 0 radical (unpaired) electrons. The molecule has 0 aliphatic rings. The first-order valence-corrected chi connectivity index (χ1v) is 6.09. The van der Waals surface area contributed by atoms with Crippen molar-refractivity contribution in [2.75, 3.05) is 0 Å². The molecule has 0 aliphatic carbocycles. The molecule has 0 bridgehead atoms. The molecular formula is C14H15ClN2O. The van der Waals surface area contributed by atoms with Gasteiger partial charge in [-0.05, 0) is 37.1 Å². The van der Waals surface area contributed by atoms with E-state index in [0.717, 1.165) is 11.1 Å². The maximum atomic E-state index is 5.93. The second-order valence-corrected chi connectivity index (χ2v) is 4.67. The number of hydrogen-bond donors (Lipinski definition) is 1. The molecule has 2 aromatic rings. The largest absolute Gasteiger partial charge is 0.439 e. The average Bonchev–Trinajstić information content (AvgIpc) is 2.34. The Morgan fingerprint density at radius 3 is 2.67 bits per heavy atom. The lowest BCUT2D eigenvalue weighted by molar-refractivity contribution is 0.459. The Labute approximate surface area is 112 Å². The van der Waals surface area contributed by atoms with Crippen molar-refractivity contribution in [3.05, 3.63) is 52.7 Å². The van der Waals surface area contributed by atoms with Gasteiger partial charge in [-0.3, -0.25) is 0 Å². The summed E-state index contributed by atoms with van der Waals surface area (Å²) in [5, 5.41) is 0.641. The smallest absolute Gasteiger partial charge is 0.219 e. The first-order chi connectivity index (χ1) is 8.56. The van der Waals surface area contributed by atoms with Gasteiger partial charge in [0.1, 0.15) is 5.75 Å². The summed E-state index contributed by atoms with van der Waals surface area (Å²) in [5.74, 6) is 1.24. The second-order valence-electron chi connectivity index (χ2n) is 4.23. The van der Waals surface area contributed by atoms with Crippen LogP contribution in [-0.4, -0.2) is 4.98 Å². The van der Waals surface area contributed by atoms with Crippen LogP contribution < -0.4 is 10.5 Å². The van der Waals surface area contributed by atoms with Crippen LogP contribution in [0.15, 0.2) is 36.5 Å². The second kappa shape index (κ2) is 5.38. The lowest BCUT2D eigenvalue weighted by Gasteiger charge is -2.09. The van der Waals surface area contributed by atoms with Crippen LogP contribution in [0.3, 0.4) is 0 Å². The topological polar surface area (TPSA) is 48.1 Å². The molecule has 0 aliphatic heterocycles. The zero-order valence-corrected chi connectivity index (χ0v) is 11.1. The van der Waals surface area contributed by atoms with Gasteiger partial charge in [0.2, 0.25) is 5.88 Å². The van der Waals surface area contributed by atoms with Crippen molar-refractivity contribution in [1.82, 2.24) is 4.98 Å². The van der Waals surface area contributed by atoms with Gasteiger partial charge in [0, 0.05) is 23.3 Å². The molecule has 94 valence electrons. The highest BCUT2D eigenvalue weighted by Gasteiger charge is 2.05. The average molecular weight is 263 g/mol. The van der Waals surface area contributed by atoms with E-state index in [1.165, 1.54) is 0 Å². The normalized spacial score (nSPS) is 12.2. The Hall–Kier alpha value is -1.58. The summed E-state index contributed by atoms with van der Waals surface area (Å²) < 4.78 is 5.69. The van der Waals surface area contributed by atoms with Crippen molar-refractivity contribution >= 4 is 11.6 Å². The monoisotopic (exact) mass is 262 g/mol. The Morgan fingerprint density at radius 1 is 1.28 bits per heavy atom. The number of nitrogens with zero attached hydrogens (tertiary/aromatic N) is 1. The fraction of sp³-hybridized carbons (Fsp3) is 0.214. The first-order valence-electron chi connectivity index (χ1n) is 5.72. The van der Waals surface area contributed by atoms with E-state index < -0.39 is 0 Å². The van der Waals surface area contributed by atoms with Gasteiger partial charge >= 0.3 is 0 Å². The summed E-state index contributed by atoms with van der Waals surface area (Å²) in [5.41, 5.74) is 7.75. The first kappa shape index (κ1) is 12.9. The highest BCUT2D eigenvalue weighted by Crippen LogP contribution is 2.27. The Bertz CT molecular complexity index is 538. The Morgan fingerprint density at radius 2 is 2.06 bits per heavy atom. The van der Waals surface area contributed by atoms with Crippen LogP contribution in [0.2, 0.25) is 5.02 Å². The van der Waals surface area contributed by atoms with Crippen molar-refractivity contribution in [3.63, 3.8) is 0 Å². The van der Waals surface area contributed by atoms with Gasteiger partial charge in [-0.25, -0.2) is 4.98 Å². The van der Waals surface area contributed by atoms with Gasteiger partial charge in [0.15, 0.2) is 0 Å². The van der Waals surface area contributed by atoms with Crippen LogP contribution in [0, 0.1) is 6.92 Å². The molecule has 1 aromatic carbocycles. The molecule has 4 heteroatoms. The van der Waals surface area contributed by atoms with Crippen LogP contribution in [0.4, 0.5) is 0 Å². The third-order valence-electron chi connectivity index (χ3n) is 2.65. The van der Waals surface area contributed by atoms with Gasteiger partial charge in [0.25, 0.3) is 0 Å². The number of pyridine rings is 1. The lowest BCUT2D eigenvalue weighted by atomic mass is 10.2. The predicted molar refractivity (Wildman–Crippen MR) is 73.1 cm³/mol. The molecule has 18 heavy (non-hydrogen) atoms. The zero-order valence-electron chi connectivity index (χ0n) is 10.4. The fourth-order valence-corrected chi connectivity index (χ4v) is 1.68. The van der Waals surface area contributed by atoms with Crippen LogP contribution in [0.1, 0.15) is 24.1 Å². The van der Waals surface area contributed by atoms with Gasteiger partial charge < -0.3 is 10.5 Å². The molecular weight excluding hydrogens is 248 g/mol. The van der Waals surface area contributed by atoms with Crippen LogP contribution in [0.5, 0.6) is 11.6 Å². The predicted octanol–water partition coefficient (Wildman–Crippen LogP) is 3.86. The Balaban J connectivity index is 2.21. The maximum absolute atomic E-state index is 5.93. The highest BCUT2D eigenvalue weighted by atomic mass is 35.5. The number of nitrogens with two attached hydrogens (primary N) is 1. The number of rotatable bonds is 3. The number of aryl methyl sites for hydroxylation is 1. The summed E-state index contributed by atoms with van der Waals surface area (Å²) in [6.07, 6.45) is 1.72. The summed E-state index contributed by atoms with van der Waals surface area (Å²) in [6, 6.07) is 9.20. The third kappa shape index (κ3) is 3.00. The van der Waals surface area contributed by atoms with Gasteiger partial charge in [-0.1, -0.05) is 23.7 Å². The molecule has 2 N–H and O–H groups in total. The number of aromatic nitrogens is 1. The molecule has 3 nitrogen and oxygen atoms in total. The van der Waals surface area contributed by atoms with E-state index >= 15 is 0 Å². The van der Waals surface area contributed by atoms with Crippen molar-refractivity contribution in [1.29, 1.82) is 0 Å². The summed E-state index contributed by atoms with van der Waals surface area (Å²) in [4.78, 5) is 4.22. The molecule has 0 unspecified atom stereocenters. The summed E-state index contributed by atoms with van der Waals surface area (Å²) in [7, 11) is 0. The van der Waals surface area contributed by atoms with Gasteiger partial charge in [0.05, 0.1) is 0 Å².